The van der Waals surface area contributed by atoms with Crippen LogP contribution in [0.1, 0.15) is 10.5 Å². The molecule has 0 bridgehead atoms. The quantitative estimate of drug-likeness (QED) is 0.430. The fourth-order valence-electron chi connectivity index (χ4n) is 2.85. The van der Waals surface area contributed by atoms with Gasteiger partial charge in [-0.3, -0.25) is 9.59 Å². The Morgan fingerprint density at radius 3 is 2.43 bits per heavy atom. The number of nitrogens with one attached hydrogen (secondary N) is 1. The molecule has 0 aliphatic rings. The molecule has 0 unspecified atom stereocenters. The maximum Gasteiger partial charge on any atom is 0.322 e. The van der Waals surface area contributed by atoms with Crippen LogP contribution in [-0.4, -0.2) is 33.6 Å². The highest BCUT2D eigenvalue weighted by Crippen LogP contribution is 2.39. The number of hydrogen-bond donors (Lipinski definition) is 3. The van der Waals surface area contributed by atoms with E-state index in [0.29, 0.717) is 15.8 Å². The Morgan fingerprint density at radius 2 is 1.73 bits per heavy atom. The Hall–Kier alpha value is -3.91. The lowest BCUT2D eigenvalue weighted by atomic mass is 10.1. The summed E-state index contributed by atoms with van der Waals surface area (Å²) >= 11 is 1.32. The molecule has 0 aliphatic carbocycles. The number of nitrogens with zero attached hydrogens (tertiary/aromatic N) is 1. The van der Waals surface area contributed by atoms with Gasteiger partial charge in [0.05, 0.1) is 4.70 Å². The van der Waals surface area contributed by atoms with Gasteiger partial charge in [0.25, 0.3) is 5.91 Å². The second-order valence-corrected chi connectivity index (χ2v) is 7.42. The maximum absolute atomic E-state index is 12.1. The summed E-state index contributed by atoms with van der Waals surface area (Å²) in [6.45, 7) is -0.551. The number of carbonyl (C=O) groups excluding carboxylic acids is 1. The Morgan fingerprint density at radius 1 is 1.03 bits per heavy atom. The molecule has 1 amide bonds. The van der Waals surface area contributed by atoms with Gasteiger partial charge < -0.3 is 20.3 Å². The van der Waals surface area contributed by atoms with E-state index < -0.39 is 18.4 Å². The molecule has 2 aromatic carbocycles. The van der Waals surface area contributed by atoms with E-state index >= 15 is 0 Å². The van der Waals surface area contributed by atoms with Crippen LogP contribution in [-0.2, 0) is 4.79 Å². The third-order valence-electron chi connectivity index (χ3n) is 4.27. The molecule has 0 aliphatic heterocycles. The first-order chi connectivity index (χ1) is 14.5. The third-order valence-corrected chi connectivity index (χ3v) is 5.47. The molecule has 2 aromatic heterocycles. The fourth-order valence-corrected chi connectivity index (χ4v) is 3.93. The number of aromatic nitrogens is 1. The number of pyridine rings is 1. The molecule has 8 heteroatoms. The number of para-hydroxylation sites is 1. The molecule has 4 aromatic rings. The zero-order valence-corrected chi connectivity index (χ0v) is 16.3. The average molecular weight is 420 g/mol. The monoisotopic (exact) mass is 420 g/mol. The number of carboxylic acid groups (broad SMARTS) is 1. The Kier molecular flexibility index (Phi) is 5.32. The van der Waals surface area contributed by atoms with Gasteiger partial charge in [-0.25, -0.2) is 4.98 Å². The predicted molar refractivity (Wildman–Crippen MR) is 113 cm³/mol. The minimum absolute atomic E-state index is 0.205. The highest BCUT2D eigenvalue weighted by atomic mass is 32.1. The van der Waals surface area contributed by atoms with Crippen molar-refractivity contribution in [1.82, 2.24) is 10.3 Å². The standard InChI is InChI=1S/C22H16N2O5S/c25-18(26)12-24-22(28)19-20(27)21-14(11-23-19)10-17(30-21)13-6-8-16(9-7-13)29-15-4-2-1-3-5-15/h1-11,27H,12H2,(H,24,28)(H,25,26). The average Bonchev–Trinajstić information content (AvgIpc) is 3.19. The van der Waals surface area contributed by atoms with Gasteiger partial charge in [-0.2, -0.15) is 0 Å². The zero-order chi connectivity index (χ0) is 21.1. The van der Waals surface area contributed by atoms with Crippen molar-refractivity contribution in [1.29, 1.82) is 0 Å². The van der Waals surface area contributed by atoms with Gasteiger partial charge in [0.1, 0.15) is 18.0 Å². The van der Waals surface area contributed by atoms with E-state index in [1.165, 1.54) is 17.5 Å². The molecule has 7 nitrogen and oxygen atoms in total. The molecule has 2 heterocycles. The lowest BCUT2D eigenvalue weighted by Gasteiger charge is -2.06. The van der Waals surface area contributed by atoms with Crippen molar-refractivity contribution in [2.45, 2.75) is 0 Å². The highest BCUT2D eigenvalue weighted by Gasteiger charge is 2.18. The van der Waals surface area contributed by atoms with Gasteiger partial charge in [-0.1, -0.05) is 18.2 Å². The topological polar surface area (TPSA) is 109 Å². The lowest BCUT2D eigenvalue weighted by Crippen LogP contribution is -2.29. The normalized spacial score (nSPS) is 10.7. The summed E-state index contributed by atoms with van der Waals surface area (Å²) in [7, 11) is 0. The molecular weight excluding hydrogens is 404 g/mol. The number of aliphatic carboxylic acids is 1. The van der Waals surface area contributed by atoms with E-state index in [4.69, 9.17) is 9.84 Å². The minimum Gasteiger partial charge on any atom is -0.504 e. The Labute approximate surface area is 175 Å². The van der Waals surface area contributed by atoms with Crippen molar-refractivity contribution in [3.63, 3.8) is 0 Å². The minimum atomic E-state index is -1.18. The first kappa shape index (κ1) is 19.4. The Bertz CT molecular complexity index is 1220. The van der Waals surface area contributed by atoms with Gasteiger partial charge in [0.2, 0.25) is 0 Å². The van der Waals surface area contributed by atoms with Crippen molar-refractivity contribution in [3.05, 3.63) is 72.6 Å². The molecule has 0 spiro atoms. The molecule has 0 saturated carbocycles. The first-order valence-corrected chi connectivity index (χ1v) is 9.78. The molecule has 0 fully saturated rings. The van der Waals surface area contributed by atoms with Gasteiger partial charge in [0, 0.05) is 16.5 Å². The zero-order valence-electron chi connectivity index (χ0n) is 15.5. The predicted octanol–water partition coefficient (Wildman–Crippen LogP) is 4.28. The summed E-state index contributed by atoms with van der Waals surface area (Å²) in [4.78, 5) is 27.6. The van der Waals surface area contributed by atoms with Gasteiger partial charge in [0.15, 0.2) is 11.4 Å². The van der Waals surface area contributed by atoms with Crippen LogP contribution in [0.15, 0.2) is 66.9 Å². The number of aromatic hydroxyl groups is 1. The summed E-state index contributed by atoms with van der Waals surface area (Å²) in [5.41, 5.74) is 0.719. The second-order valence-electron chi connectivity index (χ2n) is 6.37. The number of benzene rings is 2. The summed E-state index contributed by atoms with van der Waals surface area (Å²) in [6, 6.07) is 18.9. The van der Waals surface area contributed by atoms with Crippen LogP contribution in [0.25, 0.3) is 20.5 Å². The summed E-state index contributed by atoms with van der Waals surface area (Å²) in [6.07, 6.45) is 1.48. The number of carboxylic acids is 1. The lowest BCUT2D eigenvalue weighted by molar-refractivity contribution is -0.135. The summed E-state index contributed by atoms with van der Waals surface area (Å²) < 4.78 is 6.30. The van der Waals surface area contributed by atoms with Crippen molar-refractivity contribution in [3.8, 4) is 27.7 Å². The van der Waals surface area contributed by atoms with Crippen LogP contribution in [0.5, 0.6) is 17.2 Å². The molecule has 0 radical (unpaired) electrons. The van der Waals surface area contributed by atoms with E-state index in [-0.39, 0.29) is 11.4 Å². The molecule has 30 heavy (non-hydrogen) atoms. The number of carbonyl (C=O) groups is 2. The van der Waals surface area contributed by atoms with E-state index in [9.17, 15) is 14.7 Å². The number of thiophene rings is 1. The van der Waals surface area contributed by atoms with Crippen molar-refractivity contribution in [2.75, 3.05) is 6.54 Å². The van der Waals surface area contributed by atoms with Crippen LogP contribution in [0.3, 0.4) is 0 Å². The number of amides is 1. The molecule has 0 atom stereocenters. The van der Waals surface area contributed by atoms with E-state index in [2.05, 4.69) is 10.3 Å². The van der Waals surface area contributed by atoms with Crippen LogP contribution < -0.4 is 10.1 Å². The molecule has 0 saturated heterocycles. The Balaban J connectivity index is 1.58. The SMILES string of the molecule is O=C(O)CNC(=O)c1ncc2cc(-c3ccc(Oc4ccccc4)cc3)sc2c1O. The van der Waals surface area contributed by atoms with E-state index in [1.807, 2.05) is 60.7 Å². The number of ether oxygens (including phenoxy) is 1. The number of rotatable bonds is 6. The van der Waals surface area contributed by atoms with E-state index in [0.717, 1.165) is 16.2 Å². The number of fused-ring (bicyclic) bond motifs is 1. The third kappa shape index (κ3) is 4.08. The van der Waals surface area contributed by atoms with Crippen molar-refractivity contribution < 1.29 is 24.5 Å². The molecule has 150 valence electrons. The van der Waals surface area contributed by atoms with Crippen LogP contribution in [0, 0.1) is 0 Å². The highest BCUT2D eigenvalue weighted by molar-refractivity contribution is 7.22. The van der Waals surface area contributed by atoms with Gasteiger partial charge in [-0.15, -0.1) is 11.3 Å². The van der Waals surface area contributed by atoms with Gasteiger partial charge in [-0.05, 0) is 48.0 Å². The first-order valence-electron chi connectivity index (χ1n) is 8.96. The molecule has 4 rings (SSSR count). The fraction of sp³-hybridized carbons (Fsp3) is 0.0455. The summed E-state index contributed by atoms with van der Waals surface area (Å²) in [5, 5.41) is 22.0. The van der Waals surface area contributed by atoms with Crippen molar-refractivity contribution in [2.24, 2.45) is 0 Å². The number of hydrogen-bond acceptors (Lipinski definition) is 6. The van der Waals surface area contributed by atoms with E-state index in [1.54, 1.807) is 0 Å². The van der Waals surface area contributed by atoms with Crippen LogP contribution in [0.2, 0.25) is 0 Å². The van der Waals surface area contributed by atoms with Crippen LogP contribution >= 0.6 is 11.3 Å². The molecule has 3 N–H and O–H groups in total. The second kappa shape index (κ2) is 8.22. The van der Waals surface area contributed by atoms with Crippen LogP contribution in [0.4, 0.5) is 0 Å². The molecular formula is C22H16N2O5S. The maximum atomic E-state index is 12.1. The summed E-state index contributed by atoms with van der Waals surface area (Å²) in [5.74, 6) is -0.739. The van der Waals surface area contributed by atoms with Crippen molar-refractivity contribution >= 4 is 33.3 Å². The van der Waals surface area contributed by atoms with Gasteiger partial charge >= 0.3 is 5.97 Å². The largest absolute Gasteiger partial charge is 0.504 e. The smallest absolute Gasteiger partial charge is 0.322 e.